The Hall–Kier alpha value is -1.98. The van der Waals surface area contributed by atoms with Crippen molar-refractivity contribution in [3.63, 3.8) is 0 Å². The fourth-order valence-electron chi connectivity index (χ4n) is 2.37. The average molecular weight is 285 g/mol. The van der Waals surface area contributed by atoms with Gasteiger partial charge in [-0.15, -0.1) is 0 Å². The van der Waals surface area contributed by atoms with Gasteiger partial charge in [0, 0.05) is 24.2 Å². The van der Waals surface area contributed by atoms with E-state index in [9.17, 15) is 18.0 Å². The number of carboxylic acid groups (broad SMARTS) is 1. The number of nitrogens with zero attached hydrogens (tertiary/aromatic N) is 1. The van der Waals surface area contributed by atoms with Crippen LogP contribution in [0.25, 0.3) is 10.9 Å². The van der Waals surface area contributed by atoms with Crippen LogP contribution < -0.4 is 0 Å². The first-order valence-electron chi connectivity index (χ1n) is 6.08. The molecule has 20 heavy (non-hydrogen) atoms. The van der Waals surface area contributed by atoms with Crippen LogP contribution in [0.3, 0.4) is 0 Å². The average Bonchev–Trinajstić information content (AvgIpc) is 2.64. The predicted octanol–water partition coefficient (Wildman–Crippen LogP) is 3.78. The first-order valence-corrected chi connectivity index (χ1v) is 6.08. The number of aliphatic carboxylic acids is 1. The zero-order valence-electron chi connectivity index (χ0n) is 11.0. The Morgan fingerprint density at radius 2 is 2.00 bits per heavy atom. The molecule has 0 saturated carbocycles. The molecule has 1 N–H and O–H groups in total. The summed E-state index contributed by atoms with van der Waals surface area (Å²) < 4.78 is 39.7. The monoisotopic (exact) mass is 285 g/mol. The second-order valence-corrected chi connectivity index (χ2v) is 4.90. The summed E-state index contributed by atoms with van der Waals surface area (Å²) in [5.74, 6) is -1.20. The molecule has 0 amide bonds. The van der Waals surface area contributed by atoms with Gasteiger partial charge in [0.05, 0.1) is 12.0 Å². The third-order valence-electron chi connectivity index (χ3n) is 3.40. The van der Waals surface area contributed by atoms with Gasteiger partial charge in [-0.1, -0.05) is 13.0 Å². The maximum Gasteiger partial charge on any atom is 0.416 e. The fourth-order valence-corrected chi connectivity index (χ4v) is 2.37. The Morgan fingerprint density at radius 1 is 1.35 bits per heavy atom. The minimum absolute atomic E-state index is 0.0592. The number of aryl methyl sites for hydroxylation is 1. The van der Waals surface area contributed by atoms with Gasteiger partial charge in [0.1, 0.15) is 0 Å². The molecule has 1 atom stereocenters. The van der Waals surface area contributed by atoms with Gasteiger partial charge in [-0.05, 0) is 23.6 Å². The van der Waals surface area contributed by atoms with E-state index in [0.29, 0.717) is 16.6 Å². The van der Waals surface area contributed by atoms with Crippen LogP contribution in [0.15, 0.2) is 24.3 Å². The number of hydrogen-bond acceptors (Lipinski definition) is 1. The van der Waals surface area contributed by atoms with Crippen LogP contribution in [0.2, 0.25) is 0 Å². The van der Waals surface area contributed by atoms with Crippen molar-refractivity contribution in [3.05, 3.63) is 35.5 Å². The number of carbonyl (C=O) groups is 1. The summed E-state index contributed by atoms with van der Waals surface area (Å²) in [5, 5.41) is 9.48. The van der Waals surface area contributed by atoms with Gasteiger partial charge in [0.25, 0.3) is 0 Å². The van der Waals surface area contributed by atoms with E-state index in [1.165, 1.54) is 6.07 Å². The molecule has 6 heteroatoms. The van der Waals surface area contributed by atoms with Crippen molar-refractivity contribution in [3.8, 4) is 0 Å². The van der Waals surface area contributed by atoms with E-state index < -0.39 is 17.7 Å². The number of carboxylic acids is 1. The predicted molar refractivity (Wildman–Crippen MR) is 68.6 cm³/mol. The third-order valence-corrected chi connectivity index (χ3v) is 3.40. The highest BCUT2D eigenvalue weighted by molar-refractivity contribution is 5.82. The van der Waals surface area contributed by atoms with Crippen molar-refractivity contribution in [2.45, 2.75) is 25.4 Å². The molecule has 0 radical (unpaired) electrons. The Bertz CT molecular complexity index is 658. The zero-order valence-corrected chi connectivity index (χ0v) is 11.0. The summed E-state index contributed by atoms with van der Waals surface area (Å²) in [7, 11) is 1.65. The number of halogens is 3. The van der Waals surface area contributed by atoms with Gasteiger partial charge in [-0.3, -0.25) is 4.79 Å². The molecule has 2 rings (SSSR count). The molecular formula is C14H14F3NO2. The SMILES string of the molecule is CC(CC(=O)O)c1cc2ccc(C(F)(F)F)cc2n1C. The van der Waals surface area contributed by atoms with Gasteiger partial charge in [-0.25, -0.2) is 0 Å². The Morgan fingerprint density at radius 3 is 2.55 bits per heavy atom. The summed E-state index contributed by atoms with van der Waals surface area (Å²) in [6.07, 6.45) is -4.44. The standard InChI is InChI=1S/C14H14F3NO2/c1-8(5-13(19)20)11-6-9-3-4-10(14(15,16)17)7-12(9)18(11)2/h3-4,6-8H,5H2,1-2H3,(H,19,20). The lowest BCUT2D eigenvalue weighted by Crippen LogP contribution is -2.07. The van der Waals surface area contributed by atoms with E-state index in [0.717, 1.165) is 12.1 Å². The molecule has 0 saturated heterocycles. The molecular weight excluding hydrogens is 271 g/mol. The largest absolute Gasteiger partial charge is 0.481 e. The maximum atomic E-state index is 12.7. The van der Waals surface area contributed by atoms with Crippen LogP contribution in [0.4, 0.5) is 13.2 Å². The van der Waals surface area contributed by atoms with Crippen molar-refractivity contribution in [2.75, 3.05) is 0 Å². The van der Waals surface area contributed by atoms with Crippen LogP contribution in [0.1, 0.15) is 30.5 Å². The van der Waals surface area contributed by atoms with Crippen molar-refractivity contribution >= 4 is 16.9 Å². The summed E-state index contributed by atoms with van der Waals surface area (Å²) in [4.78, 5) is 10.7. The Labute approximate surface area is 113 Å². The smallest absolute Gasteiger partial charge is 0.416 e. The molecule has 0 aliphatic rings. The van der Waals surface area contributed by atoms with E-state index in [-0.39, 0.29) is 12.3 Å². The molecule has 3 nitrogen and oxygen atoms in total. The van der Waals surface area contributed by atoms with E-state index in [1.807, 2.05) is 0 Å². The Balaban J connectivity index is 2.50. The summed E-state index contributed by atoms with van der Waals surface area (Å²) >= 11 is 0. The van der Waals surface area contributed by atoms with Crippen LogP contribution in [0, 0.1) is 0 Å². The van der Waals surface area contributed by atoms with Gasteiger partial charge in [-0.2, -0.15) is 13.2 Å². The molecule has 1 aromatic heterocycles. The normalized spacial score (nSPS) is 13.7. The van der Waals surface area contributed by atoms with Crippen molar-refractivity contribution in [1.29, 1.82) is 0 Å². The molecule has 0 fully saturated rings. The van der Waals surface area contributed by atoms with Crippen molar-refractivity contribution in [2.24, 2.45) is 7.05 Å². The van der Waals surface area contributed by atoms with Crippen LogP contribution >= 0.6 is 0 Å². The van der Waals surface area contributed by atoms with Gasteiger partial charge in [0.2, 0.25) is 0 Å². The van der Waals surface area contributed by atoms with Crippen LogP contribution in [-0.4, -0.2) is 15.6 Å². The molecule has 1 unspecified atom stereocenters. The highest BCUT2D eigenvalue weighted by Gasteiger charge is 2.31. The van der Waals surface area contributed by atoms with Crippen LogP contribution in [-0.2, 0) is 18.0 Å². The van der Waals surface area contributed by atoms with Crippen molar-refractivity contribution < 1.29 is 23.1 Å². The lowest BCUT2D eigenvalue weighted by atomic mass is 10.0. The first-order chi connectivity index (χ1) is 9.20. The minimum atomic E-state index is -4.38. The molecule has 0 spiro atoms. The minimum Gasteiger partial charge on any atom is -0.481 e. The molecule has 0 bridgehead atoms. The van der Waals surface area contributed by atoms with E-state index in [4.69, 9.17) is 5.11 Å². The molecule has 1 heterocycles. The number of hydrogen-bond donors (Lipinski definition) is 1. The quantitative estimate of drug-likeness (QED) is 0.932. The lowest BCUT2D eigenvalue weighted by molar-refractivity contribution is -0.138. The van der Waals surface area contributed by atoms with E-state index in [1.54, 1.807) is 24.6 Å². The summed E-state index contributed by atoms with van der Waals surface area (Å²) in [6, 6.07) is 5.28. The molecule has 108 valence electrons. The second-order valence-electron chi connectivity index (χ2n) is 4.90. The molecule has 0 aliphatic heterocycles. The Kier molecular flexibility index (Phi) is 3.50. The highest BCUT2D eigenvalue weighted by Crippen LogP contribution is 2.33. The molecule has 1 aromatic carbocycles. The topological polar surface area (TPSA) is 42.2 Å². The number of aromatic nitrogens is 1. The molecule has 2 aromatic rings. The second kappa shape index (κ2) is 4.85. The van der Waals surface area contributed by atoms with Crippen molar-refractivity contribution in [1.82, 2.24) is 4.57 Å². The van der Waals surface area contributed by atoms with E-state index in [2.05, 4.69) is 0 Å². The zero-order chi connectivity index (χ0) is 15.1. The number of alkyl halides is 3. The number of benzene rings is 1. The van der Waals surface area contributed by atoms with Gasteiger partial charge >= 0.3 is 12.1 Å². The fraction of sp³-hybridized carbons (Fsp3) is 0.357. The number of rotatable bonds is 3. The van der Waals surface area contributed by atoms with Gasteiger partial charge < -0.3 is 9.67 Å². The lowest BCUT2D eigenvalue weighted by Gasteiger charge is -2.11. The third kappa shape index (κ3) is 2.64. The summed E-state index contributed by atoms with van der Waals surface area (Å²) in [6.45, 7) is 1.74. The van der Waals surface area contributed by atoms with E-state index >= 15 is 0 Å². The maximum absolute atomic E-state index is 12.7. The van der Waals surface area contributed by atoms with Gasteiger partial charge in [0.15, 0.2) is 0 Å². The van der Waals surface area contributed by atoms with Crippen LogP contribution in [0.5, 0.6) is 0 Å². The highest BCUT2D eigenvalue weighted by atomic mass is 19.4. The summed E-state index contributed by atoms with van der Waals surface area (Å²) in [5.41, 5.74) is 0.456. The number of fused-ring (bicyclic) bond motifs is 1. The molecule has 0 aliphatic carbocycles. The first kappa shape index (κ1) is 14.4.